The summed E-state index contributed by atoms with van der Waals surface area (Å²) in [4.78, 5) is 26.2. The Morgan fingerprint density at radius 2 is 2.13 bits per heavy atom. The molecule has 1 aliphatic heterocycles. The molecule has 0 radical (unpaired) electrons. The summed E-state index contributed by atoms with van der Waals surface area (Å²) >= 11 is 12.1. The molecule has 2 N–H and O–H groups in total. The highest BCUT2D eigenvalue weighted by Gasteiger charge is 2.38. The summed E-state index contributed by atoms with van der Waals surface area (Å²) in [7, 11) is 1.82. The van der Waals surface area contributed by atoms with Crippen LogP contribution in [0.2, 0.25) is 10.0 Å². The Hall–Kier alpha value is -1.01. The first-order chi connectivity index (χ1) is 10.4. The second kappa shape index (κ2) is 8.73. The molecule has 1 fully saturated rings. The third-order valence-electron chi connectivity index (χ3n) is 3.80. The van der Waals surface area contributed by atoms with Crippen molar-refractivity contribution < 1.29 is 9.59 Å². The molecule has 0 aliphatic carbocycles. The number of hydrogen-bond acceptors (Lipinski definition) is 3. The molecular weight excluding hydrogens is 361 g/mol. The molecule has 0 aromatic heterocycles. The second-order valence-electron chi connectivity index (χ2n) is 5.36. The Kier molecular flexibility index (Phi) is 7.61. The first-order valence-electron chi connectivity index (χ1n) is 7.15. The third kappa shape index (κ3) is 4.73. The van der Waals surface area contributed by atoms with Crippen molar-refractivity contribution in [3.05, 3.63) is 28.2 Å². The van der Waals surface area contributed by atoms with E-state index in [0.29, 0.717) is 35.2 Å². The van der Waals surface area contributed by atoms with Crippen LogP contribution in [0.4, 0.5) is 5.69 Å². The van der Waals surface area contributed by atoms with Gasteiger partial charge in [0.15, 0.2) is 0 Å². The maximum Gasteiger partial charge on any atom is 0.239 e. The van der Waals surface area contributed by atoms with Gasteiger partial charge < -0.3 is 15.5 Å². The zero-order valence-electron chi connectivity index (χ0n) is 12.9. The van der Waals surface area contributed by atoms with Crippen LogP contribution in [0.5, 0.6) is 0 Å². The zero-order valence-corrected chi connectivity index (χ0v) is 15.3. The SMILES string of the molecule is CNC(C)CNC(=O)C1CCN(c2cc(Cl)ccc2Cl)C1=O.Cl. The van der Waals surface area contributed by atoms with Crippen molar-refractivity contribution >= 4 is 53.1 Å². The van der Waals surface area contributed by atoms with E-state index >= 15 is 0 Å². The minimum absolute atomic E-state index is 0. The maximum atomic E-state index is 12.5. The molecule has 2 atom stereocenters. The van der Waals surface area contributed by atoms with Gasteiger partial charge in [-0.3, -0.25) is 9.59 Å². The number of hydrogen-bond donors (Lipinski definition) is 2. The van der Waals surface area contributed by atoms with E-state index in [1.165, 1.54) is 4.90 Å². The van der Waals surface area contributed by atoms with E-state index < -0.39 is 5.92 Å². The van der Waals surface area contributed by atoms with Crippen molar-refractivity contribution in [3.63, 3.8) is 0 Å². The van der Waals surface area contributed by atoms with E-state index in [4.69, 9.17) is 23.2 Å². The first-order valence-corrected chi connectivity index (χ1v) is 7.91. The summed E-state index contributed by atoms with van der Waals surface area (Å²) in [5.74, 6) is -1.15. The average Bonchev–Trinajstić information content (AvgIpc) is 2.88. The number of rotatable bonds is 5. The van der Waals surface area contributed by atoms with Crippen LogP contribution >= 0.6 is 35.6 Å². The molecule has 2 amide bonds. The Morgan fingerprint density at radius 3 is 2.78 bits per heavy atom. The smallest absolute Gasteiger partial charge is 0.239 e. The van der Waals surface area contributed by atoms with Gasteiger partial charge in [-0.2, -0.15) is 0 Å². The topological polar surface area (TPSA) is 61.4 Å². The van der Waals surface area contributed by atoms with Crippen LogP contribution in [0, 0.1) is 5.92 Å². The van der Waals surface area contributed by atoms with Crippen LogP contribution in [-0.2, 0) is 9.59 Å². The number of likely N-dealkylation sites (N-methyl/N-ethyl adjacent to an activating group) is 1. The predicted octanol–water partition coefficient (Wildman–Crippen LogP) is 2.49. The molecule has 128 valence electrons. The molecule has 8 heteroatoms. The second-order valence-corrected chi connectivity index (χ2v) is 6.21. The molecule has 0 saturated carbocycles. The van der Waals surface area contributed by atoms with Gasteiger partial charge in [0.2, 0.25) is 11.8 Å². The fraction of sp³-hybridized carbons (Fsp3) is 0.467. The van der Waals surface area contributed by atoms with Crippen LogP contribution in [0.25, 0.3) is 0 Å². The highest BCUT2D eigenvalue weighted by molar-refractivity contribution is 6.36. The van der Waals surface area contributed by atoms with Gasteiger partial charge in [-0.25, -0.2) is 0 Å². The number of nitrogens with one attached hydrogen (secondary N) is 2. The lowest BCUT2D eigenvalue weighted by molar-refractivity contribution is -0.132. The van der Waals surface area contributed by atoms with Gasteiger partial charge >= 0.3 is 0 Å². The highest BCUT2D eigenvalue weighted by Crippen LogP contribution is 2.33. The number of nitrogens with zero attached hydrogens (tertiary/aromatic N) is 1. The van der Waals surface area contributed by atoms with Crippen LogP contribution in [0.15, 0.2) is 18.2 Å². The number of anilines is 1. The summed E-state index contributed by atoms with van der Waals surface area (Å²) in [6, 6.07) is 5.11. The first kappa shape index (κ1) is 20.0. The van der Waals surface area contributed by atoms with Crippen molar-refractivity contribution in [2.45, 2.75) is 19.4 Å². The van der Waals surface area contributed by atoms with Gasteiger partial charge in [0, 0.05) is 24.2 Å². The van der Waals surface area contributed by atoms with Crippen LogP contribution in [0.3, 0.4) is 0 Å². The van der Waals surface area contributed by atoms with Crippen LogP contribution < -0.4 is 15.5 Å². The lowest BCUT2D eigenvalue weighted by Gasteiger charge is -2.19. The Bertz CT molecular complexity index is 583. The van der Waals surface area contributed by atoms with Crippen molar-refractivity contribution in [3.8, 4) is 0 Å². The number of benzene rings is 1. The molecule has 1 aromatic carbocycles. The number of carbonyl (C=O) groups excluding carboxylic acids is 2. The molecule has 0 spiro atoms. The number of carbonyl (C=O) groups is 2. The van der Waals surface area contributed by atoms with E-state index in [-0.39, 0.29) is 30.3 Å². The van der Waals surface area contributed by atoms with E-state index in [1.807, 2.05) is 14.0 Å². The molecule has 1 aliphatic rings. The van der Waals surface area contributed by atoms with Gasteiger partial charge in [-0.15, -0.1) is 12.4 Å². The van der Waals surface area contributed by atoms with Gasteiger partial charge in [-0.1, -0.05) is 23.2 Å². The monoisotopic (exact) mass is 379 g/mol. The number of halogens is 3. The van der Waals surface area contributed by atoms with Crippen LogP contribution in [0.1, 0.15) is 13.3 Å². The van der Waals surface area contributed by atoms with E-state index in [2.05, 4.69) is 10.6 Å². The third-order valence-corrected chi connectivity index (χ3v) is 4.35. The fourth-order valence-electron chi connectivity index (χ4n) is 2.33. The molecule has 2 unspecified atom stereocenters. The van der Waals surface area contributed by atoms with E-state index in [9.17, 15) is 9.59 Å². The summed E-state index contributed by atoms with van der Waals surface area (Å²) in [6.07, 6.45) is 0.474. The minimum atomic E-state index is -0.667. The molecular formula is C15H20Cl3N3O2. The zero-order chi connectivity index (χ0) is 16.3. The summed E-state index contributed by atoms with van der Waals surface area (Å²) < 4.78 is 0. The Balaban J connectivity index is 0.00000264. The lowest BCUT2D eigenvalue weighted by Crippen LogP contribution is -2.42. The van der Waals surface area contributed by atoms with Crippen molar-refractivity contribution in [2.24, 2.45) is 5.92 Å². The van der Waals surface area contributed by atoms with Gasteiger partial charge in [0.05, 0.1) is 10.7 Å². The molecule has 0 bridgehead atoms. The molecule has 23 heavy (non-hydrogen) atoms. The fourth-order valence-corrected chi connectivity index (χ4v) is 2.72. The maximum absolute atomic E-state index is 12.5. The average molecular weight is 381 g/mol. The van der Waals surface area contributed by atoms with Gasteiger partial charge in [-0.05, 0) is 38.6 Å². The Morgan fingerprint density at radius 1 is 1.43 bits per heavy atom. The number of amides is 2. The predicted molar refractivity (Wildman–Crippen MR) is 95.7 cm³/mol. The highest BCUT2D eigenvalue weighted by atomic mass is 35.5. The standard InChI is InChI=1S/C15H19Cl2N3O2.ClH/c1-9(18-2)8-19-14(21)11-5-6-20(15(11)22)13-7-10(16)3-4-12(13)17;/h3-4,7,9,11,18H,5-6,8H2,1-2H3,(H,19,21);1H. The molecule has 1 heterocycles. The van der Waals surface area contributed by atoms with E-state index in [0.717, 1.165) is 0 Å². The quantitative estimate of drug-likeness (QED) is 0.772. The summed E-state index contributed by atoms with van der Waals surface area (Å²) in [6.45, 7) is 2.89. The van der Waals surface area contributed by atoms with E-state index in [1.54, 1.807) is 18.2 Å². The largest absolute Gasteiger partial charge is 0.354 e. The molecule has 5 nitrogen and oxygen atoms in total. The van der Waals surface area contributed by atoms with Gasteiger partial charge in [0.25, 0.3) is 0 Å². The van der Waals surface area contributed by atoms with Crippen molar-refractivity contribution in [2.75, 3.05) is 25.0 Å². The van der Waals surface area contributed by atoms with Gasteiger partial charge in [0.1, 0.15) is 5.92 Å². The van der Waals surface area contributed by atoms with Crippen LogP contribution in [-0.4, -0.2) is 38.0 Å². The molecule has 1 saturated heterocycles. The molecule has 2 rings (SSSR count). The summed E-state index contributed by atoms with van der Waals surface area (Å²) in [5.41, 5.74) is 0.554. The Labute approximate surface area is 152 Å². The lowest BCUT2D eigenvalue weighted by atomic mass is 10.1. The van der Waals surface area contributed by atoms with Crippen molar-refractivity contribution in [1.82, 2.24) is 10.6 Å². The minimum Gasteiger partial charge on any atom is -0.354 e. The summed E-state index contributed by atoms with van der Waals surface area (Å²) in [5, 5.41) is 6.77. The van der Waals surface area contributed by atoms with Crippen molar-refractivity contribution in [1.29, 1.82) is 0 Å². The molecule has 1 aromatic rings. The normalized spacial score (nSPS) is 18.5.